The van der Waals surface area contributed by atoms with Gasteiger partial charge in [-0.1, -0.05) is 48.9 Å². The van der Waals surface area contributed by atoms with E-state index in [1.165, 1.54) is 73.7 Å². The van der Waals surface area contributed by atoms with Crippen LogP contribution in [0.25, 0.3) is 0 Å². The number of phenolic OH excluding ortho intramolecular Hbond substituents is 1. The molecule has 37 heavy (non-hydrogen) atoms. The van der Waals surface area contributed by atoms with E-state index in [2.05, 4.69) is 5.32 Å². The number of halogens is 2. The Labute approximate surface area is 218 Å². The molecule has 0 aromatic heterocycles. The number of ether oxygens (including phenoxy) is 1. The molecule has 8 nitrogen and oxygen atoms in total. The number of aliphatic hydroxyl groups is 1. The van der Waals surface area contributed by atoms with Crippen LogP contribution >= 0.6 is 11.6 Å². The van der Waals surface area contributed by atoms with Crippen LogP contribution in [0.4, 0.5) is 4.39 Å². The van der Waals surface area contributed by atoms with E-state index in [0.717, 1.165) is 0 Å². The molecule has 3 N–H and O–H groups in total. The fraction of sp³-hybridized carbons (Fsp3) is 0.231. The van der Waals surface area contributed by atoms with Crippen molar-refractivity contribution in [3.05, 3.63) is 94.0 Å². The number of nitriles is 1. The van der Waals surface area contributed by atoms with Gasteiger partial charge in [0.1, 0.15) is 28.4 Å². The molecule has 194 valence electrons. The molecule has 3 aromatic rings. The maximum atomic E-state index is 13.5. The summed E-state index contributed by atoms with van der Waals surface area (Å²) in [7, 11) is -4.11. The molecule has 3 aromatic carbocycles. The van der Waals surface area contributed by atoms with Gasteiger partial charge in [-0.25, -0.2) is 12.8 Å². The van der Waals surface area contributed by atoms with Crippen molar-refractivity contribution < 1.29 is 32.6 Å². The number of hydrogen-bond donors (Lipinski definition) is 3. The Kier molecular flexibility index (Phi) is 8.76. The van der Waals surface area contributed by atoms with E-state index >= 15 is 0 Å². The van der Waals surface area contributed by atoms with Gasteiger partial charge in [-0.2, -0.15) is 5.26 Å². The predicted molar refractivity (Wildman–Crippen MR) is 136 cm³/mol. The van der Waals surface area contributed by atoms with E-state index in [0.29, 0.717) is 0 Å². The second kappa shape index (κ2) is 11.6. The SMILES string of the molecule is CCS(=O)(=O)C(c1ccc(C#N)c(Cl)c1)C(O)(CNC(=O)c1ccccc1O)c1cccc(OCF)c1. The molecule has 0 saturated heterocycles. The Morgan fingerprint density at radius 3 is 2.54 bits per heavy atom. The van der Waals surface area contributed by atoms with Crippen LogP contribution in [0.15, 0.2) is 66.7 Å². The molecule has 0 spiro atoms. The highest BCUT2D eigenvalue weighted by Gasteiger charge is 2.47. The maximum absolute atomic E-state index is 13.5. The molecule has 0 aliphatic rings. The van der Waals surface area contributed by atoms with Gasteiger partial charge in [0.25, 0.3) is 5.91 Å². The number of aromatic hydroxyl groups is 1. The van der Waals surface area contributed by atoms with Crippen LogP contribution in [-0.2, 0) is 15.4 Å². The highest BCUT2D eigenvalue weighted by molar-refractivity contribution is 7.91. The van der Waals surface area contributed by atoms with Crippen LogP contribution < -0.4 is 10.1 Å². The molecule has 0 aliphatic carbocycles. The number of carbonyl (C=O) groups is 1. The van der Waals surface area contributed by atoms with Crippen molar-refractivity contribution in [1.82, 2.24) is 5.32 Å². The van der Waals surface area contributed by atoms with Crippen molar-refractivity contribution in [2.24, 2.45) is 0 Å². The number of alkyl halides is 1. The fourth-order valence-corrected chi connectivity index (χ4v) is 5.91. The van der Waals surface area contributed by atoms with Crippen LogP contribution in [0.5, 0.6) is 11.5 Å². The topological polar surface area (TPSA) is 137 Å². The average Bonchev–Trinajstić information content (AvgIpc) is 2.88. The number of sulfone groups is 1. The third-order valence-corrected chi connectivity index (χ3v) is 8.33. The predicted octanol–water partition coefficient (Wildman–Crippen LogP) is 4.02. The quantitative estimate of drug-likeness (QED) is 0.349. The molecule has 0 aliphatic heterocycles. The number of rotatable bonds is 10. The first-order valence-corrected chi connectivity index (χ1v) is 13.2. The zero-order valence-corrected chi connectivity index (χ0v) is 21.3. The Balaban J connectivity index is 2.20. The first-order chi connectivity index (χ1) is 17.6. The van der Waals surface area contributed by atoms with Crippen LogP contribution in [0, 0.1) is 11.3 Å². The number of para-hydroxylation sites is 1. The van der Waals surface area contributed by atoms with Crippen molar-refractivity contribution in [2.45, 2.75) is 17.8 Å². The molecule has 0 saturated carbocycles. The molecule has 1 amide bonds. The van der Waals surface area contributed by atoms with Crippen molar-refractivity contribution in [2.75, 3.05) is 19.2 Å². The molecule has 3 rings (SSSR count). The minimum Gasteiger partial charge on any atom is -0.507 e. The van der Waals surface area contributed by atoms with Crippen molar-refractivity contribution >= 4 is 27.3 Å². The lowest BCUT2D eigenvalue weighted by Crippen LogP contribution is -2.48. The molecular formula is C26H24ClFN2O6S. The molecule has 2 unspecified atom stereocenters. The number of benzene rings is 3. The van der Waals surface area contributed by atoms with Gasteiger partial charge in [-0.05, 0) is 47.5 Å². The number of nitrogens with zero attached hydrogens (tertiary/aromatic N) is 1. The standard InChI is InChI=1S/C26H24ClFN2O6S/c1-2-37(34,35)24(17-10-11-18(14-29)22(27)12-17)26(33,19-6-5-7-20(13-19)36-16-28)15-30-25(32)21-8-3-4-9-23(21)31/h3-13,24,31,33H,2,15-16H2,1H3,(H,30,32). The van der Waals surface area contributed by atoms with Gasteiger partial charge in [0.05, 0.1) is 22.7 Å². The summed E-state index contributed by atoms with van der Waals surface area (Å²) in [6, 6.07) is 17.1. The minimum atomic E-state index is -4.11. The van der Waals surface area contributed by atoms with Crippen molar-refractivity contribution in [3.8, 4) is 17.6 Å². The third-order valence-electron chi connectivity index (χ3n) is 5.83. The Bertz CT molecular complexity index is 1440. The fourth-order valence-electron chi connectivity index (χ4n) is 3.97. The number of phenols is 1. The lowest BCUT2D eigenvalue weighted by molar-refractivity contribution is 0.0295. The van der Waals surface area contributed by atoms with Gasteiger partial charge in [-0.3, -0.25) is 4.79 Å². The molecular weight excluding hydrogens is 523 g/mol. The van der Waals surface area contributed by atoms with Crippen molar-refractivity contribution in [3.63, 3.8) is 0 Å². The molecule has 11 heteroatoms. The summed E-state index contributed by atoms with van der Waals surface area (Å²) in [5.41, 5.74) is -2.22. The first-order valence-electron chi connectivity index (χ1n) is 11.1. The van der Waals surface area contributed by atoms with Gasteiger partial charge in [0, 0.05) is 5.75 Å². The van der Waals surface area contributed by atoms with Crippen LogP contribution in [0.2, 0.25) is 5.02 Å². The van der Waals surface area contributed by atoms with E-state index in [-0.39, 0.29) is 44.5 Å². The summed E-state index contributed by atoms with van der Waals surface area (Å²) in [5, 5.41) is 32.2. The second-order valence-electron chi connectivity index (χ2n) is 8.09. The van der Waals surface area contributed by atoms with Crippen LogP contribution in [0.3, 0.4) is 0 Å². The Morgan fingerprint density at radius 1 is 1.19 bits per heavy atom. The summed E-state index contributed by atoms with van der Waals surface area (Å²) in [6.07, 6.45) is 0. The average molecular weight is 547 g/mol. The Morgan fingerprint density at radius 2 is 1.92 bits per heavy atom. The highest BCUT2D eigenvalue weighted by atomic mass is 35.5. The number of amides is 1. The summed E-state index contributed by atoms with van der Waals surface area (Å²) in [4.78, 5) is 12.9. The van der Waals surface area contributed by atoms with Gasteiger partial charge < -0.3 is 20.3 Å². The molecule has 2 atom stereocenters. The molecule has 0 fully saturated rings. The Hall–Kier alpha value is -3.65. The second-order valence-corrected chi connectivity index (χ2v) is 10.9. The zero-order chi connectivity index (χ0) is 27.2. The van der Waals surface area contributed by atoms with E-state index in [1.54, 1.807) is 0 Å². The summed E-state index contributed by atoms with van der Waals surface area (Å²) < 4.78 is 44.7. The largest absolute Gasteiger partial charge is 0.507 e. The van der Waals surface area contributed by atoms with E-state index in [9.17, 15) is 33.1 Å². The van der Waals surface area contributed by atoms with E-state index in [4.69, 9.17) is 16.3 Å². The maximum Gasteiger partial charge on any atom is 0.255 e. The molecule has 0 heterocycles. The monoisotopic (exact) mass is 546 g/mol. The van der Waals surface area contributed by atoms with Gasteiger partial charge in [-0.15, -0.1) is 0 Å². The van der Waals surface area contributed by atoms with Crippen LogP contribution in [0.1, 0.15) is 39.2 Å². The summed E-state index contributed by atoms with van der Waals surface area (Å²) >= 11 is 6.20. The first kappa shape index (κ1) is 27.9. The molecule has 0 bridgehead atoms. The van der Waals surface area contributed by atoms with Crippen LogP contribution in [-0.4, -0.2) is 43.7 Å². The minimum absolute atomic E-state index is 0.0125. The summed E-state index contributed by atoms with van der Waals surface area (Å²) in [5.74, 6) is -1.43. The number of hydrogen-bond acceptors (Lipinski definition) is 7. The van der Waals surface area contributed by atoms with Gasteiger partial charge in [0.2, 0.25) is 6.86 Å². The number of carbonyl (C=O) groups excluding carboxylic acids is 1. The van der Waals surface area contributed by atoms with Gasteiger partial charge >= 0.3 is 0 Å². The summed E-state index contributed by atoms with van der Waals surface area (Å²) in [6.45, 7) is -0.383. The van der Waals surface area contributed by atoms with E-state index in [1.807, 2.05) is 6.07 Å². The van der Waals surface area contributed by atoms with Gasteiger partial charge in [0.15, 0.2) is 9.84 Å². The highest BCUT2D eigenvalue weighted by Crippen LogP contribution is 2.43. The third kappa shape index (κ3) is 6.02. The zero-order valence-electron chi connectivity index (χ0n) is 19.7. The smallest absolute Gasteiger partial charge is 0.255 e. The lowest BCUT2D eigenvalue weighted by Gasteiger charge is -2.37. The number of nitrogens with one attached hydrogen (secondary N) is 1. The van der Waals surface area contributed by atoms with Crippen molar-refractivity contribution in [1.29, 1.82) is 5.26 Å². The molecule has 0 radical (unpaired) electrons. The normalized spacial score (nSPS) is 13.7. The lowest BCUT2D eigenvalue weighted by atomic mass is 9.86. The van der Waals surface area contributed by atoms with E-state index < -0.39 is 40.0 Å².